The minimum absolute atomic E-state index is 0.350. The van der Waals surface area contributed by atoms with Crippen LogP contribution in [0, 0.1) is 11.1 Å². The molecule has 3 nitrogen and oxygen atoms in total. The van der Waals surface area contributed by atoms with Crippen molar-refractivity contribution in [1.82, 2.24) is 0 Å². The molecule has 0 aromatic rings. The van der Waals surface area contributed by atoms with Crippen LogP contribution in [-0.4, -0.2) is 12.5 Å². The molecule has 9 heavy (non-hydrogen) atoms. The monoisotopic (exact) mass is 131 g/mol. The number of rotatable bonds is 1. The molecule has 0 saturated heterocycles. The lowest BCUT2D eigenvalue weighted by Crippen LogP contribution is -2.61. The van der Waals surface area contributed by atoms with E-state index in [9.17, 15) is 5.21 Å². The largest absolute Gasteiger partial charge is 0.626 e. The van der Waals surface area contributed by atoms with Crippen LogP contribution in [0.3, 0.4) is 0 Å². The van der Waals surface area contributed by atoms with Gasteiger partial charge in [0.25, 0.3) is 0 Å². The maximum absolute atomic E-state index is 9.43. The van der Waals surface area contributed by atoms with Crippen LogP contribution < -0.4 is 5.16 Å². The zero-order valence-corrected chi connectivity index (χ0v) is 6.05. The number of hydrogen-bond acceptors (Lipinski definition) is 2. The number of aldehydes is 1. The number of nitrogens with one attached hydrogen (secondary N) is 1. The predicted molar refractivity (Wildman–Crippen MR) is 37.0 cm³/mol. The van der Waals surface area contributed by atoms with Crippen LogP contribution in [0.1, 0.15) is 20.8 Å². The van der Waals surface area contributed by atoms with Crippen LogP contribution in [0.5, 0.6) is 0 Å². The third-order valence-corrected chi connectivity index (χ3v) is 0.401. The molecule has 0 bridgehead atoms. The van der Waals surface area contributed by atoms with Crippen LogP contribution >= 0.6 is 0 Å². The summed E-state index contributed by atoms with van der Waals surface area (Å²) in [6.07, 6.45) is 2.24. The first kappa shape index (κ1) is 11.0. The zero-order valence-electron chi connectivity index (χ0n) is 6.05. The fourth-order valence-electron chi connectivity index (χ4n) is 0.136. The van der Waals surface area contributed by atoms with Crippen molar-refractivity contribution in [3.05, 3.63) is 5.21 Å². The number of hydrogen-bond donors (Lipinski definition) is 1. The molecule has 1 N–H and O–H groups in total. The van der Waals surface area contributed by atoms with Gasteiger partial charge in [0, 0.05) is 5.92 Å². The summed E-state index contributed by atoms with van der Waals surface area (Å²) in [5.74, 6) is 0.350. The second-order valence-electron chi connectivity index (χ2n) is 1.76. The highest BCUT2D eigenvalue weighted by Gasteiger charge is 1.83. The fraction of sp³-hybridized carbons (Fsp3) is 0.667. The maximum Gasteiger partial charge on any atom is 0.151 e. The fourth-order valence-corrected chi connectivity index (χ4v) is 0.136. The zero-order chi connectivity index (χ0) is 7.70. The minimum Gasteiger partial charge on any atom is -0.626 e. The second kappa shape index (κ2) is 10.2. The topological polar surface area (TPSA) is 54.1 Å². The SMILES string of the molecule is CC(C)C=[NH+][O-].CC=O. The molecule has 0 saturated carbocycles. The van der Waals surface area contributed by atoms with E-state index in [4.69, 9.17) is 4.79 Å². The van der Waals surface area contributed by atoms with Crippen LogP contribution in [-0.2, 0) is 4.79 Å². The van der Waals surface area contributed by atoms with Gasteiger partial charge in [0.1, 0.15) is 6.29 Å². The van der Waals surface area contributed by atoms with Crippen molar-refractivity contribution in [2.45, 2.75) is 20.8 Å². The molecule has 0 rings (SSSR count). The number of carbonyl (C=O) groups excluding carboxylic acids is 1. The van der Waals surface area contributed by atoms with E-state index < -0.39 is 0 Å². The summed E-state index contributed by atoms with van der Waals surface area (Å²) >= 11 is 0. The first-order valence-corrected chi connectivity index (χ1v) is 2.79. The summed E-state index contributed by atoms with van der Waals surface area (Å²) in [5, 5.41) is 11.1. The van der Waals surface area contributed by atoms with E-state index in [1.54, 1.807) is 5.16 Å². The lowest BCUT2D eigenvalue weighted by atomic mass is 10.3. The summed E-state index contributed by atoms with van der Waals surface area (Å²) in [5.41, 5.74) is 0. The average molecular weight is 131 g/mol. The molecule has 54 valence electrons. The molecular weight excluding hydrogens is 118 g/mol. The van der Waals surface area contributed by atoms with Crippen molar-refractivity contribution < 1.29 is 9.95 Å². The van der Waals surface area contributed by atoms with Crippen molar-refractivity contribution in [2.75, 3.05) is 0 Å². The van der Waals surface area contributed by atoms with Gasteiger partial charge in [-0.05, 0) is 6.92 Å². The highest BCUT2D eigenvalue weighted by molar-refractivity contribution is 5.52. The van der Waals surface area contributed by atoms with Crippen LogP contribution in [0.15, 0.2) is 0 Å². The summed E-state index contributed by atoms with van der Waals surface area (Å²) < 4.78 is 0. The molecule has 0 aliphatic rings. The van der Waals surface area contributed by atoms with Crippen LogP contribution in [0.2, 0.25) is 0 Å². The molecule has 0 spiro atoms. The Morgan fingerprint density at radius 1 is 1.56 bits per heavy atom. The Morgan fingerprint density at radius 2 is 1.89 bits per heavy atom. The van der Waals surface area contributed by atoms with Gasteiger partial charge in [0.2, 0.25) is 0 Å². The van der Waals surface area contributed by atoms with Crippen molar-refractivity contribution >= 4 is 12.5 Å². The van der Waals surface area contributed by atoms with Crippen molar-refractivity contribution in [3.8, 4) is 0 Å². The minimum atomic E-state index is 0.350. The Morgan fingerprint density at radius 3 is 1.89 bits per heavy atom. The molecular formula is C6H13NO2. The van der Waals surface area contributed by atoms with E-state index in [1.807, 2.05) is 13.8 Å². The van der Waals surface area contributed by atoms with Gasteiger partial charge < -0.3 is 10.0 Å². The Bertz CT molecular complexity index is 79.1. The number of carbonyl (C=O) groups is 1. The molecule has 0 heterocycles. The molecule has 0 aromatic carbocycles. The van der Waals surface area contributed by atoms with Crippen LogP contribution in [0.25, 0.3) is 0 Å². The molecule has 0 fully saturated rings. The van der Waals surface area contributed by atoms with Gasteiger partial charge in [-0.2, -0.15) is 0 Å². The first-order chi connectivity index (χ1) is 4.18. The molecule has 0 amide bonds. The Hall–Kier alpha value is -0.860. The van der Waals surface area contributed by atoms with Crippen molar-refractivity contribution in [2.24, 2.45) is 5.92 Å². The van der Waals surface area contributed by atoms with Crippen molar-refractivity contribution in [3.63, 3.8) is 0 Å². The quantitative estimate of drug-likeness (QED) is 0.226. The van der Waals surface area contributed by atoms with E-state index in [1.165, 1.54) is 13.1 Å². The van der Waals surface area contributed by atoms with Gasteiger partial charge in [-0.3, -0.25) is 0 Å². The molecule has 0 aliphatic heterocycles. The lowest BCUT2D eigenvalue weighted by Gasteiger charge is -1.83. The normalized spacial score (nSPS) is 8.89. The third-order valence-electron chi connectivity index (χ3n) is 0.401. The van der Waals surface area contributed by atoms with E-state index in [-0.39, 0.29) is 0 Å². The van der Waals surface area contributed by atoms with Gasteiger partial charge in [-0.1, -0.05) is 13.8 Å². The molecule has 0 aliphatic carbocycles. The first-order valence-electron chi connectivity index (χ1n) is 2.79. The van der Waals surface area contributed by atoms with E-state index in [0.717, 1.165) is 6.29 Å². The van der Waals surface area contributed by atoms with Gasteiger partial charge in [-0.15, -0.1) is 0 Å². The highest BCUT2D eigenvalue weighted by Crippen LogP contribution is 1.77. The third kappa shape index (κ3) is 41.2. The molecule has 3 heteroatoms. The van der Waals surface area contributed by atoms with Gasteiger partial charge >= 0.3 is 0 Å². The Kier molecular flexibility index (Phi) is 12.5. The van der Waals surface area contributed by atoms with E-state index in [0.29, 0.717) is 5.92 Å². The van der Waals surface area contributed by atoms with Gasteiger partial charge in [0.05, 0.1) is 0 Å². The van der Waals surface area contributed by atoms with Crippen molar-refractivity contribution in [1.29, 1.82) is 0 Å². The Labute approximate surface area is 55.4 Å². The lowest BCUT2D eigenvalue weighted by molar-refractivity contribution is -0.370. The second-order valence-corrected chi connectivity index (χ2v) is 1.76. The Balaban J connectivity index is 0. The standard InChI is InChI=1S/C4H9NO.C2H4O/c1-4(2)3-5-6;1-2-3/h3-5H,1-2H3;2H,1H3. The summed E-state index contributed by atoms with van der Waals surface area (Å²) in [7, 11) is 0. The molecule has 0 radical (unpaired) electrons. The summed E-state index contributed by atoms with van der Waals surface area (Å²) in [6, 6.07) is 0. The summed E-state index contributed by atoms with van der Waals surface area (Å²) in [4.78, 5) is 8.81. The average Bonchev–Trinajstić information content (AvgIpc) is 1.67. The molecule has 0 unspecified atom stereocenters. The van der Waals surface area contributed by atoms with Gasteiger partial charge in [0.15, 0.2) is 6.21 Å². The predicted octanol–water partition coefficient (Wildman–Crippen LogP) is -0.503. The molecule has 0 atom stereocenters. The summed E-state index contributed by atoms with van der Waals surface area (Å²) in [6.45, 7) is 5.32. The van der Waals surface area contributed by atoms with Crippen LogP contribution in [0.4, 0.5) is 0 Å². The molecule has 0 aromatic heterocycles. The van der Waals surface area contributed by atoms with E-state index in [2.05, 4.69) is 0 Å². The highest BCUT2D eigenvalue weighted by atomic mass is 16.4. The maximum atomic E-state index is 9.43. The smallest absolute Gasteiger partial charge is 0.151 e. The van der Waals surface area contributed by atoms with E-state index >= 15 is 0 Å². The van der Waals surface area contributed by atoms with Gasteiger partial charge in [-0.25, -0.2) is 5.16 Å².